The van der Waals surface area contributed by atoms with Crippen molar-refractivity contribution in [2.24, 2.45) is 0 Å². The number of halogens is 1. The van der Waals surface area contributed by atoms with Gasteiger partial charge in [0, 0.05) is 38.2 Å². The number of alkyl carbamates (subject to hydrolysis) is 1. The van der Waals surface area contributed by atoms with E-state index in [2.05, 4.69) is 10.3 Å². The minimum atomic E-state index is -0.984. The molecule has 0 aliphatic carbocycles. The molecule has 2 amide bonds. The second-order valence-corrected chi connectivity index (χ2v) is 7.43. The molecule has 2 aliphatic rings. The Morgan fingerprint density at radius 1 is 1.23 bits per heavy atom. The van der Waals surface area contributed by atoms with Gasteiger partial charge in [0.25, 0.3) is 0 Å². The average molecular weight is 430 g/mol. The van der Waals surface area contributed by atoms with Crippen LogP contribution >= 0.6 is 0 Å². The zero-order valence-electron chi connectivity index (χ0n) is 16.8. The van der Waals surface area contributed by atoms with Crippen molar-refractivity contribution < 1.29 is 28.6 Å². The molecule has 0 spiro atoms. The number of aromatic nitrogens is 1. The summed E-state index contributed by atoms with van der Waals surface area (Å²) in [5, 5.41) is 11.8. The molecule has 3 heterocycles. The molecule has 1 fully saturated rings. The second kappa shape index (κ2) is 9.07. The molecule has 10 heteroatoms. The van der Waals surface area contributed by atoms with Crippen LogP contribution in [0.5, 0.6) is 5.88 Å². The van der Waals surface area contributed by atoms with E-state index in [-0.39, 0.29) is 38.2 Å². The number of hydrogen-bond donors (Lipinski definition) is 2. The Balaban J connectivity index is 1.34. The SMILES string of the molecule is O=C(N[C@@H]1COc2nc(N3CCN(C(=O)O)CC3)c(F)cc2C1)OCc1ccccc1. The minimum Gasteiger partial charge on any atom is -0.475 e. The Morgan fingerprint density at radius 3 is 2.68 bits per heavy atom. The number of hydrogen-bond acceptors (Lipinski definition) is 6. The lowest BCUT2D eigenvalue weighted by Crippen LogP contribution is -2.49. The van der Waals surface area contributed by atoms with E-state index >= 15 is 0 Å². The second-order valence-electron chi connectivity index (χ2n) is 7.43. The predicted molar refractivity (Wildman–Crippen MR) is 109 cm³/mol. The summed E-state index contributed by atoms with van der Waals surface area (Å²) in [6.07, 6.45) is -1.18. The van der Waals surface area contributed by atoms with Crippen LogP contribution in [-0.2, 0) is 17.8 Å². The first kappa shape index (κ1) is 20.7. The Bertz CT molecular complexity index is 950. The van der Waals surface area contributed by atoms with Crippen molar-refractivity contribution in [2.75, 3.05) is 37.7 Å². The molecule has 1 aromatic heterocycles. The molecule has 0 saturated carbocycles. The van der Waals surface area contributed by atoms with E-state index in [0.717, 1.165) is 5.56 Å². The van der Waals surface area contributed by atoms with Gasteiger partial charge in [-0.15, -0.1) is 0 Å². The first-order valence-corrected chi connectivity index (χ1v) is 10.0. The average Bonchev–Trinajstić information content (AvgIpc) is 2.78. The smallest absolute Gasteiger partial charge is 0.407 e. The molecule has 2 aliphatic heterocycles. The number of ether oxygens (including phenoxy) is 2. The van der Waals surface area contributed by atoms with Gasteiger partial charge in [0.15, 0.2) is 11.6 Å². The number of carboxylic acid groups (broad SMARTS) is 1. The first-order chi connectivity index (χ1) is 15.0. The maximum absolute atomic E-state index is 14.7. The number of carbonyl (C=O) groups excluding carboxylic acids is 1. The standard InChI is InChI=1S/C21H23FN4O5/c22-17-11-15-10-16(23-20(27)31-12-14-4-2-1-3-5-14)13-30-19(15)24-18(17)25-6-8-26(9-7-25)21(28)29/h1-5,11,16H,6-10,12-13H2,(H,23,27)(H,28,29)/t16-/m0/s1. The third-order valence-electron chi connectivity index (χ3n) is 5.27. The monoisotopic (exact) mass is 430 g/mol. The Hall–Kier alpha value is -3.56. The van der Waals surface area contributed by atoms with Crippen molar-refractivity contribution in [3.8, 4) is 5.88 Å². The molecule has 1 saturated heterocycles. The molecule has 0 unspecified atom stereocenters. The molecule has 31 heavy (non-hydrogen) atoms. The van der Waals surface area contributed by atoms with Gasteiger partial charge in [-0.3, -0.25) is 0 Å². The number of rotatable bonds is 4. The third kappa shape index (κ3) is 4.96. The van der Waals surface area contributed by atoms with Crippen LogP contribution < -0.4 is 15.0 Å². The highest BCUT2D eigenvalue weighted by Gasteiger charge is 2.28. The van der Waals surface area contributed by atoms with E-state index in [4.69, 9.17) is 14.6 Å². The molecule has 1 aromatic carbocycles. The molecule has 2 N–H and O–H groups in total. The summed E-state index contributed by atoms with van der Waals surface area (Å²) in [5.41, 5.74) is 1.44. The van der Waals surface area contributed by atoms with Crippen LogP contribution in [-0.4, -0.2) is 66.0 Å². The van der Waals surface area contributed by atoms with E-state index in [1.165, 1.54) is 11.0 Å². The topological polar surface area (TPSA) is 104 Å². The van der Waals surface area contributed by atoms with Gasteiger partial charge < -0.3 is 29.7 Å². The van der Waals surface area contributed by atoms with Gasteiger partial charge in [0.2, 0.25) is 5.88 Å². The highest BCUT2D eigenvalue weighted by molar-refractivity contribution is 5.68. The summed E-state index contributed by atoms with van der Waals surface area (Å²) in [4.78, 5) is 30.4. The lowest BCUT2D eigenvalue weighted by molar-refractivity contribution is 0.128. The summed E-state index contributed by atoms with van der Waals surface area (Å²) >= 11 is 0. The number of fused-ring (bicyclic) bond motifs is 1. The number of carbonyl (C=O) groups is 2. The van der Waals surface area contributed by atoms with Crippen molar-refractivity contribution in [1.29, 1.82) is 0 Å². The number of nitrogens with one attached hydrogen (secondary N) is 1. The Morgan fingerprint density at radius 2 is 1.97 bits per heavy atom. The van der Waals surface area contributed by atoms with Gasteiger partial charge in [-0.1, -0.05) is 30.3 Å². The number of amides is 2. The van der Waals surface area contributed by atoms with Gasteiger partial charge in [-0.2, -0.15) is 4.98 Å². The van der Waals surface area contributed by atoms with Gasteiger partial charge >= 0.3 is 12.2 Å². The van der Waals surface area contributed by atoms with Crippen LogP contribution in [0.3, 0.4) is 0 Å². The maximum Gasteiger partial charge on any atom is 0.407 e. The molecular formula is C21H23FN4O5. The Labute approximate surface area is 178 Å². The van der Waals surface area contributed by atoms with Crippen LogP contribution in [0, 0.1) is 5.82 Å². The quantitative estimate of drug-likeness (QED) is 0.767. The fourth-order valence-electron chi connectivity index (χ4n) is 3.63. The maximum atomic E-state index is 14.7. The fourth-order valence-corrected chi connectivity index (χ4v) is 3.63. The first-order valence-electron chi connectivity index (χ1n) is 10.0. The van der Waals surface area contributed by atoms with Crippen molar-refractivity contribution in [1.82, 2.24) is 15.2 Å². The summed E-state index contributed by atoms with van der Waals surface area (Å²) < 4.78 is 25.6. The Kier molecular flexibility index (Phi) is 6.06. The number of pyridine rings is 1. The van der Waals surface area contributed by atoms with E-state index in [1.54, 1.807) is 4.90 Å². The number of piperazine rings is 1. The lowest BCUT2D eigenvalue weighted by Gasteiger charge is -2.34. The zero-order valence-corrected chi connectivity index (χ0v) is 16.8. The van der Waals surface area contributed by atoms with Gasteiger partial charge in [-0.25, -0.2) is 14.0 Å². The van der Waals surface area contributed by atoms with E-state index < -0.39 is 18.0 Å². The highest BCUT2D eigenvalue weighted by atomic mass is 19.1. The van der Waals surface area contributed by atoms with Crippen LogP contribution in [0.1, 0.15) is 11.1 Å². The molecule has 4 rings (SSSR count). The summed E-state index contributed by atoms with van der Waals surface area (Å²) in [7, 11) is 0. The van der Waals surface area contributed by atoms with E-state index in [1.807, 2.05) is 30.3 Å². The predicted octanol–water partition coefficient (Wildman–Crippen LogP) is 2.25. The van der Waals surface area contributed by atoms with Crippen molar-refractivity contribution in [3.05, 3.63) is 53.3 Å². The molecule has 0 radical (unpaired) electrons. The van der Waals surface area contributed by atoms with Crippen molar-refractivity contribution in [2.45, 2.75) is 19.1 Å². The normalized spacial score (nSPS) is 18.0. The number of anilines is 1. The summed E-state index contributed by atoms with van der Waals surface area (Å²) in [6, 6.07) is 10.3. The fraction of sp³-hybridized carbons (Fsp3) is 0.381. The minimum absolute atomic E-state index is 0.150. The summed E-state index contributed by atoms with van der Waals surface area (Å²) in [5.74, 6) is -0.0244. The van der Waals surface area contributed by atoms with Crippen LogP contribution in [0.4, 0.5) is 19.8 Å². The zero-order chi connectivity index (χ0) is 21.8. The van der Waals surface area contributed by atoms with Crippen LogP contribution in [0.15, 0.2) is 36.4 Å². The number of benzene rings is 1. The molecule has 2 aromatic rings. The molecule has 164 valence electrons. The van der Waals surface area contributed by atoms with E-state index in [9.17, 15) is 14.0 Å². The van der Waals surface area contributed by atoms with E-state index in [0.29, 0.717) is 31.0 Å². The molecule has 1 atom stereocenters. The van der Waals surface area contributed by atoms with Gasteiger partial charge in [0.1, 0.15) is 13.2 Å². The number of nitrogens with zero attached hydrogens (tertiary/aromatic N) is 3. The highest BCUT2D eigenvalue weighted by Crippen LogP contribution is 2.29. The largest absolute Gasteiger partial charge is 0.475 e. The molecule has 0 bridgehead atoms. The van der Waals surface area contributed by atoms with Gasteiger partial charge in [0.05, 0.1) is 6.04 Å². The molecular weight excluding hydrogens is 407 g/mol. The van der Waals surface area contributed by atoms with Crippen LogP contribution in [0.2, 0.25) is 0 Å². The molecule has 9 nitrogen and oxygen atoms in total. The lowest BCUT2D eigenvalue weighted by atomic mass is 10.1. The van der Waals surface area contributed by atoms with Crippen LogP contribution in [0.25, 0.3) is 0 Å². The summed E-state index contributed by atoms with van der Waals surface area (Å²) in [6.45, 7) is 1.62. The van der Waals surface area contributed by atoms with Crippen molar-refractivity contribution in [3.63, 3.8) is 0 Å². The third-order valence-corrected chi connectivity index (χ3v) is 5.27. The van der Waals surface area contributed by atoms with Crippen molar-refractivity contribution >= 4 is 18.0 Å². The van der Waals surface area contributed by atoms with Gasteiger partial charge in [-0.05, 0) is 11.6 Å².